The second-order valence-electron chi connectivity index (χ2n) is 3.99. The highest BCUT2D eigenvalue weighted by atomic mass is 35.5. The topological polar surface area (TPSA) is 78.9 Å². The first-order chi connectivity index (χ1) is 9.51. The van der Waals surface area contributed by atoms with Crippen molar-refractivity contribution < 1.29 is 9.18 Å². The Morgan fingerprint density at radius 1 is 1.30 bits per heavy atom. The molecule has 20 heavy (non-hydrogen) atoms. The van der Waals surface area contributed by atoms with Crippen LogP contribution in [0, 0.1) is 17.1 Å². The highest BCUT2D eigenvalue weighted by Crippen LogP contribution is 2.22. The fourth-order valence-corrected chi connectivity index (χ4v) is 1.80. The number of carbonyl (C=O) groups excluding carboxylic acids is 1. The summed E-state index contributed by atoms with van der Waals surface area (Å²) in [5.74, 6) is -1.18. The minimum atomic E-state index is -0.610. The van der Waals surface area contributed by atoms with Crippen molar-refractivity contribution in [2.24, 2.45) is 0 Å². The lowest BCUT2D eigenvalue weighted by Gasteiger charge is -2.09. The Labute approximate surface area is 119 Å². The Bertz CT molecular complexity index is 725. The molecule has 0 aliphatic heterocycles. The van der Waals surface area contributed by atoms with Crippen LogP contribution in [0.3, 0.4) is 0 Å². The van der Waals surface area contributed by atoms with Gasteiger partial charge in [-0.3, -0.25) is 4.79 Å². The summed E-state index contributed by atoms with van der Waals surface area (Å²) in [5, 5.41) is 11.8. The maximum atomic E-state index is 13.1. The minimum absolute atomic E-state index is 0.00568. The molecule has 0 bridgehead atoms. The Kier molecular flexibility index (Phi) is 3.87. The van der Waals surface area contributed by atoms with Crippen molar-refractivity contribution in [3.05, 3.63) is 58.4 Å². The van der Waals surface area contributed by atoms with Crippen LogP contribution in [-0.4, -0.2) is 5.91 Å². The van der Waals surface area contributed by atoms with Crippen LogP contribution in [0.15, 0.2) is 36.4 Å². The van der Waals surface area contributed by atoms with Crippen molar-refractivity contribution in [1.82, 2.24) is 0 Å². The molecular formula is C14H9ClFN3O. The number of hydrogen-bond donors (Lipinski definition) is 2. The van der Waals surface area contributed by atoms with Crippen LogP contribution in [0.5, 0.6) is 0 Å². The zero-order valence-electron chi connectivity index (χ0n) is 10.2. The number of halogens is 2. The number of amides is 1. The molecule has 0 radical (unpaired) electrons. The summed E-state index contributed by atoms with van der Waals surface area (Å²) in [5.41, 5.74) is 6.26. The maximum Gasteiger partial charge on any atom is 0.257 e. The van der Waals surface area contributed by atoms with Gasteiger partial charge in [0.25, 0.3) is 5.91 Å². The first-order valence-corrected chi connectivity index (χ1v) is 5.95. The number of nitriles is 1. The van der Waals surface area contributed by atoms with E-state index in [2.05, 4.69) is 5.32 Å². The molecular weight excluding hydrogens is 281 g/mol. The number of benzene rings is 2. The van der Waals surface area contributed by atoms with Gasteiger partial charge in [0.15, 0.2) is 0 Å². The molecule has 0 fully saturated rings. The molecule has 0 unspecified atom stereocenters. The van der Waals surface area contributed by atoms with Gasteiger partial charge in [-0.05, 0) is 36.4 Å². The molecule has 0 atom stereocenters. The quantitative estimate of drug-likeness (QED) is 0.833. The Balaban J connectivity index is 2.35. The highest BCUT2D eigenvalue weighted by molar-refractivity contribution is 6.31. The van der Waals surface area contributed by atoms with Gasteiger partial charge < -0.3 is 11.1 Å². The van der Waals surface area contributed by atoms with E-state index in [-0.39, 0.29) is 22.5 Å². The van der Waals surface area contributed by atoms with Crippen molar-refractivity contribution in [3.63, 3.8) is 0 Å². The Hall–Kier alpha value is -2.58. The Morgan fingerprint density at radius 3 is 2.75 bits per heavy atom. The van der Waals surface area contributed by atoms with Gasteiger partial charge in [-0.2, -0.15) is 5.26 Å². The van der Waals surface area contributed by atoms with Crippen LogP contribution >= 0.6 is 11.6 Å². The minimum Gasteiger partial charge on any atom is -0.398 e. The first kappa shape index (κ1) is 13.8. The molecule has 0 spiro atoms. The van der Waals surface area contributed by atoms with Crippen LogP contribution in [0.4, 0.5) is 15.8 Å². The number of nitrogens with one attached hydrogen (secondary N) is 1. The lowest BCUT2D eigenvalue weighted by molar-refractivity contribution is 0.102. The fraction of sp³-hybridized carbons (Fsp3) is 0. The van der Waals surface area contributed by atoms with E-state index in [4.69, 9.17) is 22.6 Å². The van der Waals surface area contributed by atoms with Crippen molar-refractivity contribution >= 4 is 28.9 Å². The average molecular weight is 290 g/mol. The zero-order valence-corrected chi connectivity index (χ0v) is 10.9. The predicted molar refractivity (Wildman–Crippen MR) is 74.9 cm³/mol. The van der Waals surface area contributed by atoms with Crippen molar-refractivity contribution in [2.45, 2.75) is 0 Å². The van der Waals surface area contributed by atoms with E-state index >= 15 is 0 Å². The van der Waals surface area contributed by atoms with E-state index in [0.717, 1.165) is 12.1 Å². The molecule has 0 saturated carbocycles. The zero-order chi connectivity index (χ0) is 14.7. The van der Waals surface area contributed by atoms with Crippen molar-refractivity contribution in [2.75, 3.05) is 11.1 Å². The van der Waals surface area contributed by atoms with Gasteiger partial charge in [-0.25, -0.2) is 4.39 Å². The summed E-state index contributed by atoms with van der Waals surface area (Å²) in [6.45, 7) is 0. The van der Waals surface area contributed by atoms with E-state index in [1.165, 1.54) is 24.3 Å². The van der Waals surface area contributed by atoms with E-state index in [0.29, 0.717) is 5.02 Å². The van der Waals surface area contributed by atoms with Crippen LogP contribution in [0.1, 0.15) is 15.9 Å². The van der Waals surface area contributed by atoms with Gasteiger partial charge in [0.05, 0.1) is 16.8 Å². The third kappa shape index (κ3) is 2.87. The van der Waals surface area contributed by atoms with Gasteiger partial charge in [0.1, 0.15) is 11.9 Å². The second-order valence-corrected chi connectivity index (χ2v) is 4.42. The summed E-state index contributed by atoms with van der Waals surface area (Å²) in [4.78, 5) is 12.1. The molecule has 2 aromatic rings. The third-order valence-electron chi connectivity index (χ3n) is 2.61. The largest absolute Gasteiger partial charge is 0.398 e. The van der Waals surface area contributed by atoms with Crippen molar-refractivity contribution in [3.8, 4) is 6.07 Å². The second kappa shape index (κ2) is 5.59. The summed E-state index contributed by atoms with van der Waals surface area (Å²) < 4.78 is 13.1. The highest BCUT2D eigenvalue weighted by Gasteiger charge is 2.13. The third-order valence-corrected chi connectivity index (χ3v) is 2.85. The van der Waals surface area contributed by atoms with Crippen LogP contribution in [0.2, 0.25) is 5.02 Å². The Morgan fingerprint density at radius 2 is 2.05 bits per heavy atom. The number of nitrogens with two attached hydrogens (primary N) is 1. The molecule has 0 aliphatic rings. The molecule has 4 nitrogen and oxygen atoms in total. The molecule has 100 valence electrons. The van der Waals surface area contributed by atoms with E-state index < -0.39 is 11.7 Å². The van der Waals surface area contributed by atoms with E-state index in [9.17, 15) is 9.18 Å². The van der Waals surface area contributed by atoms with Crippen LogP contribution in [0.25, 0.3) is 0 Å². The summed E-state index contributed by atoms with van der Waals surface area (Å²) >= 11 is 5.81. The normalized spacial score (nSPS) is 9.85. The lowest BCUT2D eigenvalue weighted by atomic mass is 10.1. The number of nitrogens with zero attached hydrogens (tertiary/aromatic N) is 1. The fourth-order valence-electron chi connectivity index (χ4n) is 1.63. The smallest absolute Gasteiger partial charge is 0.257 e. The molecule has 3 N–H and O–H groups in total. The van der Waals surface area contributed by atoms with Gasteiger partial charge in [-0.1, -0.05) is 11.6 Å². The van der Waals surface area contributed by atoms with Gasteiger partial charge in [-0.15, -0.1) is 0 Å². The number of nitrogen functional groups attached to an aromatic ring is 1. The first-order valence-electron chi connectivity index (χ1n) is 5.57. The number of hydrogen-bond acceptors (Lipinski definition) is 3. The van der Waals surface area contributed by atoms with Gasteiger partial charge in [0.2, 0.25) is 0 Å². The molecule has 2 aromatic carbocycles. The molecule has 2 rings (SSSR count). The van der Waals surface area contributed by atoms with Gasteiger partial charge >= 0.3 is 0 Å². The molecule has 0 saturated heterocycles. The summed E-state index contributed by atoms with van der Waals surface area (Å²) in [7, 11) is 0. The van der Waals surface area contributed by atoms with Crippen LogP contribution in [-0.2, 0) is 0 Å². The molecule has 0 aromatic heterocycles. The van der Waals surface area contributed by atoms with Crippen molar-refractivity contribution in [1.29, 1.82) is 5.26 Å². The van der Waals surface area contributed by atoms with E-state index in [1.807, 2.05) is 6.07 Å². The maximum absolute atomic E-state index is 13.1. The number of anilines is 2. The summed E-state index contributed by atoms with van der Waals surface area (Å²) in [6, 6.07) is 9.86. The molecule has 0 aliphatic carbocycles. The lowest BCUT2D eigenvalue weighted by Crippen LogP contribution is -2.15. The molecule has 6 heteroatoms. The standard InChI is InChI=1S/C14H9ClFN3O/c15-9-2-1-8(7-17)13(5-9)19-14(20)11-6-10(16)3-4-12(11)18/h1-6H,18H2,(H,19,20). The van der Waals surface area contributed by atoms with E-state index in [1.54, 1.807) is 0 Å². The average Bonchev–Trinajstić information content (AvgIpc) is 2.41. The SMILES string of the molecule is N#Cc1ccc(Cl)cc1NC(=O)c1cc(F)ccc1N. The monoisotopic (exact) mass is 289 g/mol. The molecule has 1 amide bonds. The predicted octanol–water partition coefficient (Wildman–Crippen LogP) is 3.19. The molecule has 0 heterocycles. The number of carbonyl (C=O) groups is 1. The van der Waals surface area contributed by atoms with Gasteiger partial charge in [0, 0.05) is 10.7 Å². The van der Waals surface area contributed by atoms with Crippen LogP contribution < -0.4 is 11.1 Å². The summed E-state index contributed by atoms with van der Waals surface area (Å²) in [6.07, 6.45) is 0. The number of rotatable bonds is 2.